The smallest absolute Gasteiger partial charge is 0.267 e. The van der Waals surface area contributed by atoms with Gasteiger partial charge in [0.2, 0.25) is 6.10 Å². The molecule has 0 radical (unpaired) electrons. The number of carbonyl (C=O) groups is 1. The summed E-state index contributed by atoms with van der Waals surface area (Å²) in [5, 5.41) is 0. The number of para-hydroxylation sites is 2. The van der Waals surface area contributed by atoms with Crippen molar-refractivity contribution < 1.29 is 23.7 Å². The zero-order chi connectivity index (χ0) is 17.7. The standard InChI is InChI=1S/C19H27NO5/c1-19(7-10-23-11-8-19)14-20(9-12-22-2)18(21)17-13-24-15-5-3-4-6-16(15)25-17/h3-6,17H,7-14H2,1-2H3. The van der Waals surface area contributed by atoms with Crippen molar-refractivity contribution in [2.24, 2.45) is 5.41 Å². The number of hydrogen-bond donors (Lipinski definition) is 0. The van der Waals surface area contributed by atoms with Crippen LogP contribution in [-0.4, -0.2) is 63.5 Å². The summed E-state index contributed by atoms with van der Waals surface area (Å²) in [4.78, 5) is 14.9. The van der Waals surface area contributed by atoms with E-state index in [2.05, 4.69) is 6.92 Å². The Balaban J connectivity index is 1.69. The first-order valence-corrected chi connectivity index (χ1v) is 8.85. The second kappa shape index (κ2) is 8.06. The molecule has 0 aromatic heterocycles. The van der Waals surface area contributed by atoms with Gasteiger partial charge in [0.05, 0.1) is 6.61 Å². The summed E-state index contributed by atoms with van der Waals surface area (Å²) < 4.78 is 22.3. The maximum Gasteiger partial charge on any atom is 0.267 e. The Hall–Kier alpha value is -1.79. The van der Waals surface area contributed by atoms with E-state index in [1.54, 1.807) is 7.11 Å². The Morgan fingerprint density at radius 3 is 2.72 bits per heavy atom. The van der Waals surface area contributed by atoms with Crippen molar-refractivity contribution in [1.29, 1.82) is 0 Å². The Kier molecular flexibility index (Phi) is 5.81. The van der Waals surface area contributed by atoms with Gasteiger partial charge in [0, 0.05) is 33.4 Å². The largest absolute Gasteiger partial charge is 0.485 e. The topological polar surface area (TPSA) is 57.2 Å². The number of carbonyl (C=O) groups excluding carboxylic acids is 1. The molecule has 1 atom stereocenters. The van der Waals surface area contributed by atoms with Crippen LogP contribution in [0.25, 0.3) is 0 Å². The number of rotatable bonds is 6. The molecule has 2 aliphatic rings. The molecular weight excluding hydrogens is 322 g/mol. The molecule has 138 valence electrons. The minimum absolute atomic E-state index is 0.0423. The molecule has 1 saturated heterocycles. The first-order chi connectivity index (χ1) is 12.1. The lowest BCUT2D eigenvalue weighted by Gasteiger charge is -2.39. The van der Waals surface area contributed by atoms with Gasteiger partial charge in [-0.2, -0.15) is 0 Å². The highest BCUT2D eigenvalue weighted by Crippen LogP contribution is 2.33. The fourth-order valence-corrected chi connectivity index (χ4v) is 3.30. The number of methoxy groups -OCH3 is 1. The van der Waals surface area contributed by atoms with Crippen LogP contribution in [0.15, 0.2) is 24.3 Å². The summed E-state index contributed by atoms with van der Waals surface area (Å²) in [5.41, 5.74) is 0.0646. The lowest BCUT2D eigenvalue weighted by Crippen LogP contribution is -2.51. The van der Waals surface area contributed by atoms with Crippen LogP contribution in [0.5, 0.6) is 11.5 Å². The predicted octanol–water partition coefficient (Wildman–Crippen LogP) is 2.12. The number of fused-ring (bicyclic) bond motifs is 1. The van der Waals surface area contributed by atoms with Crippen molar-refractivity contribution in [1.82, 2.24) is 4.90 Å². The normalized spacial score (nSPS) is 21.6. The van der Waals surface area contributed by atoms with Crippen molar-refractivity contribution in [3.05, 3.63) is 24.3 Å². The molecule has 1 unspecified atom stereocenters. The number of amides is 1. The fourth-order valence-electron chi connectivity index (χ4n) is 3.30. The van der Waals surface area contributed by atoms with Crippen molar-refractivity contribution in [2.45, 2.75) is 25.9 Å². The van der Waals surface area contributed by atoms with E-state index in [-0.39, 0.29) is 17.9 Å². The number of benzene rings is 1. The summed E-state index contributed by atoms with van der Waals surface area (Å²) in [6.07, 6.45) is 1.29. The van der Waals surface area contributed by atoms with E-state index >= 15 is 0 Å². The van der Waals surface area contributed by atoms with Gasteiger partial charge in [-0.05, 0) is 30.4 Å². The molecule has 0 N–H and O–H groups in total. The summed E-state index contributed by atoms with van der Waals surface area (Å²) in [7, 11) is 1.65. The quantitative estimate of drug-likeness (QED) is 0.787. The maximum atomic E-state index is 13.1. The molecule has 6 nitrogen and oxygen atoms in total. The lowest BCUT2D eigenvalue weighted by molar-refractivity contribution is -0.144. The zero-order valence-electron chi connectivity index (χ0n) is 15.0. The van der Waals surface area contributed by atoms with Crippen LogP contribution in [0.4, 0.5) is 0 Å². The van der Waals surface area contributed by atoms with Gasteiger partial charge in [-0.15, -0.1) is 0 Å². The van der Waals surface area contributed by atoms with Gasteiger partial charge < -0.3 is 23.8 Å². The van der Waals surface area contributed by atoms with Gasteiger partial charge in [-0.1, -0.05) is 19.1 Å². The Labute approximate surface area is 149 Å². The number of hydrogen-bond acceptors (Lipinski definition) is 5. The second-order valence-electron chi connectivity index (χ2n) is 7.04. The first-order valence-electron chi connectivity index (χ1n) is 8.85. The Morgan fingerprint density at radius 1 is 1.28 bits per heavy atom. The van der Waals surface area contributed by atoms with Crippen molar-refractivity contribution in [3.63, 3.8) is 0 Å². The van der Waals surface area contributed by atoms with Crippen molar-refractivity contribution >= 4 is 5.91 Å². The van der Waals surface area contributed by atoms with E-state index in [0.29, 0.717) is 31.2 Å². The summed E-state index contributed by atoms with van der Waals surface area (Å²) >= 11 is 0. The highest BCUT2D eigenvalue weighted by Gasteiger charge is 2.36. The zero-order valence-corrected chi connectivity index (χ0v) is 15.0. The van der Waals surface area contributed by atoms with Crippen LogP contribution < -0.4 is 9.47 Å². The van der Waals surface area contributed by atoms with Crippen LogP contribution in [0, 0.1) is 5.41 Å². The van der Waals surface area contributed by atoms with Crippen LogP contribution in [-0.2, 0) is 14.3 Å². The Bertz CT molecular complexity index is 585. The fraction of sp³-hybridized carbons (Fsp3) is 0.632. The van der Waals surface area contributed by atoms with E-state index < -0.39 is 6.10 Å². The van der Waals surface area contributed by atoms with Gasteiger partial charge in [-0.3, -0.25) is 4.79 Å². The Morgan fingerprint density at radius 2 is 2.00 bits per heavy atom. The maximum absolute atomic E-state index is 13.1. The monoisotopic (exact) mass is 349 g/mol. The summed E-state index contributed by atoms with van der Waals surface area (Å²) in [5.74, 6) is 1.27. The SMILES string of the molecule is COCCN(CC1(C)CCOCC1)C(=O)C1COc2ccccc2O1. The molecule has 1 fully saturated rings. The summed E-state index contributed by atoms with van der Waals surface area (Å²) in [6, 6.07) is 7.44. The van der Waals surface area contributed by atoms with Gasteiger partial charge >= 0.3 is 0 Å². The van der Waals surface area contributed by atoms with Crippen LogP contribution >= 0.6 is 0 Å². The minimum atomic E-state index is -0.616. The van der Waals surface area contributed by atoms with Gasteiger partial charge in [0.25, 0.3) is 5.91 Å². The molecule has 3 rings (SSSR count). The van der Waals surface area contributed by atoms with Gasteiger partial charge in [0.15, 0.2) is 11.5 Å². The molecule has 0 spiro atoms. The lowest BCUT2D eigenvalue weighted by atomic mass is 9.82. The van der Waals surface area contributed by atoms with E-state index in [0.717, 1.165) is 26.1 Å². The van der Waals surface area contributed by atoms with Crippen LogP contribution in [0.2, 0.25) is 0 Å². The molecule has 2 aliphatic heterocycles. The van der Waals surface area contributed by atoms with Crippen LogP contribution in [0.1, 0.15) is 19.8 Å². The predicted molar refractivity (Wildman–Crippen MR) is 93.0 cm³/mol. The van der Waals surface area contributed by atoms with E-state index in [1.165, 1.54) is 0 Å². The van der Waals surface area contributed by atoms with E-state index in [9.17, 15) is 4.79 Å². The van der Waals surface area contributed by atoms with Crippen molar-refractivity contribution in [2.75, 3.05) is 46.6 Å². The molecule has 25 heavy (non-hydrogen) atoms. The average molecular weight is 349 g/mol. The highest BCUT2D eigenvalue weighted by molar-refractivity contribution is 5.82. The van der Waals surface area contributed by atoms with Gasteiger partial charge in [0.1, 0.15) is 6.61 Å². The molecular formula is C19H27NO5. The summed E-state index contributed by atoms with van der Waals surface area (Å²) in [6.45, 7) is 5.68. The third-order valence-electron chi connectivity index (χ3n) is 4.93. The molecule has 1 amide bonds. The second-order valence-corrected chi connectivity index (χ2v) is 7.04. The molecule has 0 bridgehead atoms. The molecule has 6 heteroatoms. The van der Waals surface area contributed by atoms with Gasteiger partial charge in [-0.25, -0.2) is 0 Å². The van der Waals surface area contributed by atoms with E-state index in [1.807, 2.05) is 29.2 Å². The molecule has 1 aromatic rings. The molecule has 1 aromatic carbocycles. The van der Waals surface area contributed by atoms with E-state index in [4.69, 9.17) is 18.9 Å². The average Bonchev–Trinajstić information content (AvgIpc) is 2.64. The third-order valence-corrected chi connectivity index (χ3v) is 4.93. The third kappa shape index (κ3) is 4.44. The van der Waals surface area contributed by atoms with Crippen LogP contribution in [0.3, 0.4) is 0 Å². The van der Waals surface area contributed by atoms with Crippen molar-refractivity contribution in [3.8, 4) is 11.5 Å². The molecule has 0 saturated carbocycles. The molecule has 0 aliphatic carbocycles. The minimum Gasteiger partial charge on any atom is -0.485 e. The molecule has 2 heterocycles. The number of nitrogens with zero attached hydrogens (tertiary/aromatic N) is 1. The number of ether oxygens (including phenoxy) is 4. The first kappa shape index (κ1) is 18.0. The highest BCUT2D eigenvalue weighted by atomic mass is 16.6.